The monoisotopic (exact) mass is 231 g/mol. The van der Waals surface area contributed by atoms with Gasteiger partial charge in [-0.1, -0.05) is 42.3 Å². The highest BCUT2D eigenvalue weighted by Crippen LogP contribution is 2.16. The Labute approximate surface area is 106 Å². The van der Waals surface area contributed by atoms with Gasteiger partial charge in [-0.05, 0) is 51.8 Å². The molecule has 1 nitrogen and oxygen atoms in total. The Hall–Kier alpha value is -1.08. The highest BCUT2D eigenvalue weighted by Gasteiger charge is 2.03. The second kappa shape index (κ2) is 6.61. The van der Waals surface area contributed by atoms with Crippen LogP contribution < -0.4 is 5.32 Å². The quantitative estimate of drug-likeness (QED) is 0.804. The smallest absolute Gasteiger partial charge is 0.0251 e. The van der Waals surface area contributed by atoms with Crippen LogP contribution in [0.2, 0.25) is 0 Å². The van der Waals surface area contributed by atoms with Crippen LogP contribution in [0.4, 0.5) is 0 Å². The largest absolute Gasteiger partial charge is 0.311 e. The predicted octanol–water partition coefficient (Wildman–Crippen LogP) is 4.09. The fourth-order valence-corrected chi connectivity index (χ4v) is 1.81. The molecule has 17 heavy (non-hydrogen) atoms. The van der Waals surface area contributed by atoms with Crippen LogP contribution in [0.3, 0.4) is 0 Å². The zero-order valence-electron chi connectivity index (χ0n) is 11.8. The van der Waals surface area contributed by atoms with Gasteiger partial charge < -0.3 is 5.32 Å². The molecule has 1 heteroatoms. The number of nitrogens with one attached hydrogen (secondary N) is 1. The zero-order chi connectivity index (χ0) is 12.8. The summed E-state index contributed by atoms with van der Waals surface area (Å²) in [4.78, 5) is 0. The SMILES string of the molecule is CCCNC(C)/C(C)=C/c1cc(C)ccc1C. The Morgan fingerprint density at radius 2 is 2.06 bits per heavy atom. The lowest BCUT2D eigenvalue weighted by Gasteiger charge is -2.14. The van der Waals surface area contributed by atoms with Crippen LogP contribution in [0.5, 0.6) is 0 Å². The topological polar surface area (TPSA) is 12.0 Å². The number of hydrogen-bond donors (Lipinski definition) is 1. The van der Waals surface area contributed by atoms with Crippen LogP contribution in [0.25, 0.3) is 6.08 Å². The van der Waals surface area contributed by atoms with Crippen molar-refractivity contribution in [1.82, 2.24) is 5.32 Å². The number of aryl methyl sites for hydroxylation is 2. The third kappa shape index (κ3) is 4.35. The third-order valence-electron chi connectivity index (χ3n) is 3.20. The summed E-state index contributed by atoms with van der Waals surface area (Å²) >= 11 is 0. The van der Waals surface area contributed by atoms with Crippen molar-refractivity contribution in [3.8, 4) is 0 Å². The lowest BCUT2D eigenvalue weighted by molar-refractivity contribution is 0.604. The van der Waals surface area contributed by atoms with Gasteiger partial charge in [0, 0.05) is 6.04 Å². The third-order valence-corrected chi connectivity index (χ3v) is 3.20. The summed E-state index contributed by atoms with van der Waals surface area (Å²) in [7, 11) is 0. The second-order valence-electron chi connectivity index (χ2n) is 4.92. The predicted molar refractivity (Wildman–Crippen MR) is 77.3 cm³/mol. The van der Waals surface area contributed by atoms with Gasteiger partial charge in [0.1, 0.15) is 0 Å². The van der Waals surface area contributed by atoms with Gasteiger partial charge in [0.25, 0.3) is 0 Å². The van der Waals surface area contributed by atoms with E-state index in [1.165, 1.54) is 28.7 Å². The summed E-state index contributed by atoms with van der Waals surface area (Å²) in [6.45, 7) is 12.0. The van der Waals surface area contributed by atoms with E-state index in [2.05, 4.69) is 64.2 Å². The molecule has 0 aliphatic heterocycles. The van der Waals surface area contributed by atoms with Crippen molar-refractivity contribution >= 4 is 6.08 Å². The van der Waals surface area contributed by atoms with Crippen LogP contribution in [0.1, 0.15) is 43.9 Å². The van der Waals surface area contributed by atoms with Crippen molar-refractivity contribution in [3.63, 3.8) is 0 Å². The molecule has 0 bridgehead atoms. The summed E-state index contributed by atoms with van der Waals surface area (Å²) in [6, 6.07) is 7.07. The zero-order valence-corrected chi connectivity index (χ0v) is 11.8. The molecule has 0 fully saturated rings. The lowest BCUT2D eigenvalue weighted by atomic mass is 10.0. The maximum absolute atomic E-state index is 3.52. The molecule has 0 saturated heterocycles. The van der Waals surface area contributed by atoms with E-state index in [4.69, 9.17) is 0 Å². The molecular weight excluding hydrogens is 206 g/mol. The van der Waals surface area contributed by atoms with Crippen molar-refractivity contribution in [2.45, 2.75) is 47.1 Å². The highest BCUT2D eigenvalue weighted by molar-refractivity contribution is 5.57. The van der Waals surface area contributed by atoms with Crippen molar-refractivity contribution in [3.05, 3.63) is 40.5 Å². The molecule has 0 saturated carbocycles. The van der Waals surface area contributed by atoms with Crippen LogP contribution in [-0.2, 0) is 0 Å². The highest BCUT2D eigenvalue weighted by atomic mass is 14.9. The normalized spacial score (nSPS) is 13.8. The summed E-state index contributed by atoms with van der Waals surface area (Å²) < 4.78 is 0. The molecular formula is C16H25N. The Bertz CT molecular complexity index is 391. The van der Waals surface area contributed by atoms with Gasteiger partial charge in [0.2, 0.25) is 0 Å². The van der Waals surface area contributed by atoms with Gasteiger partial charge in [0.05, 0.1) is 0 Å². The number of rotatable bonds is 5. The van der Waals surface area contributed by atoms with E-state index in [0.29, 0.717) is 6.04 Å². The van der Waals surface area contributed by atoms with Gasteiger partial charge in [-0.2, -0.15) is 0 Å². The number of hydrogen-bond acceptors (Lipinski definition) is 1. The van der Waals surface area contributed by atoms with Gasteiger partial charge in [0.15, 0.2) is 0 Å². The van der Waals surface area contributed by atoms with Crippen molar-refractivity contribution in [2.75, 3.05) is 6.54 Å². The van der Waals surface area contributed by atoms with Crippen molar-refractivity contribution < 1.29 is 0 Å². The van der Waals surface area contributed by atoms with Crippen molar-refractivity contribution in [2.24, 2.45) is 0 Å². The second-order valence-corrected chi connectivity index (χ2v) is 4.92. The minimum absolute atomic E-state index is 0.454. The van der Waals surface area contributed by atoms with E-state index in [0.717, 1.165) is 6.54 Å². The molecule has 1 rings (SSSR count). The Morgan fingerprint density at radius 3 is 2.71 bits per heavy atom. The molecule has 1 atom stereocenters. The fraction of sp³-hybridized carbons (Fsp3) is 0.500. The van der Waals surface area contributed by atoms with Gasteiger partial charge in [-0.15, -0.1) is 0 Å². The molecule has 0 spiro atoms. The summed E-state index contributed by atoms with van der Waals surface area (Å²) in [5, 5.41) is 3.52. The molecule has 0 heterocycles. The molecule has 0 aliphatic carbocycles. The van der Waals surface area contributed by atoms with Crippen LogP contribution in [0, 0.1) is 13.8 Å². The summed E-state index contributed by atoms with van der Waals surface area (Å²) in [6.07, 6.45) is 3.48. The Morgan fingerprint density at radius 1 is 1.35 bits per heavy atom. The van der Waals surface area contributed by atoms with Crippen LogP contribution in [0.15, 0.2) is 23.8 Å². The first-order valence-electron chi connectivity index (χ1n) is 6.53. The van der Waals surface area contributed by atoms with Crippen LogP contribution in [-0.4, -0.2) is 12.6 Å². The average molecular weight is 231 g/mol. The van der Waals surface area contributed by atoms with E-state index in [9.17, 15) is 0 Å². The molecule has 0 aromatic heterocycles. The fourth-order valence-electron chi connectivity index (χ4n) is 1.81. The average Bonchev–Trinajstić information content (AvgIpc) is 2.30. The van der Waals surface area contributed by atoms with E-state index < -0.39 is 0 Å². The first-order valence-corrected chi connectivity index (χ1v) is 6.53. The maximum Gasteiger partial charge on any atom is 0.0251 e. The molecule has 1 N–H and O–H groups in total. The molecule has 0 aliphatic rings. The van der Waals surface area contributed by atoms with Gasteiger partial charge >= 0.3 is 0 Å². The summed E-state index contributed by atoms with van der Waals surface area (Å²) in [5.74, 6) is 0. The van der Waals surface area contributed by atoms with Gasteiger partial charge in [-0.25, -0.2) is 0 Å². The standard InChI is InChI=1S/C16H25N/c1-6-9-17-15(5)14(4)11-16-10-12(2)7-8-13(16)3/h7-8,10-11,15,17H,6,9H2,1-5H3/b14-11+. The van der Waals surface area contributed by atoms with E-state index in [-0.39, 0.29) is 0 Å². The Kier molecular flexibility index (Phi) is 5.43. The number of benzene rings is 1. The van der Waals surface area contributed by atoms with Crippen molar-refractivity contribution in [1.29, 1.82) is 0 Å². The molecule has 94 valence electrons. The maximum atomic E-state index is 3.52. The minimum atomic E-state index is 0.454. The molecule has 0 radical (unpaired) electrons. The van der Waals surface area contributed by atoms with Crippen LogP contribution >= 0.6 is 0 Å². The van der Waals surface area contributed by atoms with E-state index in [1.807, 2.05) is 0 Å². The minimum Gasteiger partial charge on any atom is -0.311 e. The van der Waals surface area contributed by atoms with E-state index >= 15 is 0 Å². The van der Waals surface area contributed by atoms with E-state index in [1.54, 1.807) is 0 Å². The Balaban J connectivity index is 2.82. The first kappa shape index (κ1) is 14.0. The van der Waals surface area contributed by atoms with Gasteiger partial charge in [-0.3, -0.25) is 0 Å². The molecule has 0 amide bonds. The molecule has 1 unspecified atom stereocenters. The molecule has 1 aromatic rings. The molecule has 1 aromatic carbocycles. The lowest BCUT2D eigenvalue weighted by Crippen LogP contribution is -2.27. The first-order chi connectivity index (χ1) is 8.04. The summed E-state index contributed by atoms with van der Waals surface area (Å²) in [5.41, 5.74) is 5.40.